The van der Waals surface area contributed by atoms with Crippen LogP contribution in [0.1, 0.15) is 84.8 Å². The van der Waals surface area contributed by atoms with Crippen molar-refractivity contribution in [2.24, 2.45) is 22.7 Å². The van der Waals surface area contributed by atoms with Gasteiger partial charge in [0, 0.05) is 23.1 Å². The molecule has 4 fully saturated rings. The van der Waals surface area contributed by atoms with Crippen LogP contribution in [-0.2, 0) is 26.2 Å². The lowest BCUT2D eigenvalue weighted by molar-refractivity contribution is -0.168. The average Bonchev–Trinajstić information content (AvgIpc) is 3.36. The van der Waals surface area contributed by atoms with E-state index in [-0.39, 0.29) is 42.5 Å². The Morgan fingerprint density at radius 1 is 1.18 bits per heavy atom. The molecular weight excluding hydrogens is 504 g/mol. The topological polar surface area (TPSA) is 96.9 Å². The summed E-state index contributed by atoms with van der Waals surface area (Å²) in [6, 6.07) is 5.65. The van der Waals surface area contributed by atoms with Crippen LogP contribution in [0.5, 0.6) is 0 Å². The number of ether oxygens (including phenoxy) is 2. The van der Waals surface area contributed by atoms with Crippen molar-refractivity contribution in [3.05, 3.63) is 34.3 Å². The maximum Gasteiger partial charge on any atom is 0.316 e. The van der Waals surface area contributed by atoms with Gasteiger partial charge in [-0.15, -0.1) is 0 Å². The first-order valence-electron chi connectivity index (χ1n) is 13.8. The average molecular weight is 549 g/mol. The molecule has 2 bridgehead atoms. The molecule has 3 saturated carbocycles. The third-order valence-electron chi connectivity index (χ3n) is 9.68. The molecule has 3 atom stereocenters. The maximum atomic E-state index is 13.6. The molecule has 2 amide bonds. The van der Waals surface area contributed by atoms with Gasteiger partial charge in [-0.3, -0.25) is 4.79 Å². The van der Waals surface area contributed by atoms with Crippen molar-refractivity contribution in [1.82, 2.24) is 10.6 Å². The number of carbonyl (C=O) groups is 2. The highest BCUT2D eigenvalue weighted by atomic mass is 35.5. The Morgan fingerprint density at radius 3 is 2.45 bits per heavy atom. The molecule has 0 spiro atoms. The molecule has 4 aliphatic rings. The van der Waals surface area contributed by atoms with Crippen LogP contribution in [-0.4, -0.2) is 48.6 Å². The Balaban J connectivity index is 1.62. The molecule has 212 valence electrons. The fourth-order valence-corrected chi connectivity index (χ4v) is 7.24. The first-order valence-corrected chi connectivity index (χ1v) is 14.2. The summed E-state index contributed by atoms with van der Waals surface area (Å²) in [5.74, 6) is -0.547. The summed E-state index contributed by atoms with van der Waals surface area (Å²) in [4.78, 5) is 25.9. The zero-order valence-electron chi connectivity index (χ0n) is 24.0. The highest BCUT2D eigenvalue weighted by Gasteiger charge is 2.66. The molecule has 5 rings (SSSR count). The molecule has 2 unspecified atom stereocenters. The first kappa shape index (κ1) is 29.2. The molecular formula is C30H45ClN2O5. The third kappa shape index (κ3) is 5.18. The monoisotopic (exact) mass is 548 g/mol. The minimum Gasteiger partial charge on any atom is -0.469 e. The third-order valence-corrected chi connectivity index (χ3v) is 10.0. The second-order valence-corrected chi connectivity index (χ2v) is 14.2. The summed E-state index contributed by atoms with van der Waals surface area (Å²) in [5, 5.41) is 17.7. The zero-order valence-corrected chi connectivity index (χ0v) is 24.8. The number of hydrogen-bond acceptors (Lipinski definition) is 5. The number of rotatable bonds is 7. The number of hydrogen-bond donors (Lipinski definition) is 3. The van der Waals surface area contributed by atoms with Crippen LogP contribution >= 0.6 is 11.6 Å². The van der Waals surface area contributed by atoms with Gasteiger partial charge in [-0.1, -0.05) is 51.4 Å². The van der Waals surface area contributed by atoms with Gasteiger partial charge in [0.2, 0.25) is 0 Å². The van der Waals surface area contributed by atoms with Gasteiger partial charge in [-0.2, -0.15) is 0 Å². The maximum absolute atomic E-state index is 13.6. The normalized spacial score (nSPS) is 33.8. The van der Waals surface area contributed by atoms with Gasteiger partial charge in [0.1, 0.15) is 0 Å². The summed E-state index contributed by atoms with van der Waals surface area (Å²) in [6.07, 6.45) is 4.48. The van der Waals surface area contributed by atoms with Crippen LogP contribution in [0.3, 0.4) is 0 Å². The Kier molecular flexibility index (Phi) is 7.65. The second kappa shape index (κ2) is 9.97. The van der Waals surface area contributed by atoms with E-state index in [1.165, 1.54) is 7.11 Å². The number of esters is 1. The van der Waals surface area contributed by atoms with Crippen molar-refractivity contribution in [2.45, 2.75) is 96.7 Å². The quantitative estimate of drug-likeness (QED) is 0.399. The zero-order chi connectivity index (χ0) is 28.1. The van der Waals surface area contributed by atoms with Crippen LogP contribution < -0.4 is 10.6 Å². The number of fused-ring (bicyclic) bond motifs is 1. The lowest BCUT2D eigenvalue weighted by atomic mass is 9.65. The molecule has 1 heterocycles. The van der Waals surface area contributed by atoms with Gasteiger partial charge in [0.05, 0.1) is 30.3 Å². The number of benzene rings is 1. The van der Waals surface area contributed by atoms with Crippen molar-refractivity contribution >= 4 is 23.6 Å². The van der Waals surface area contributed by atoms with E-state index in [0.29, 0.717) is 24.3 Å². The summed E-state index contributed by atoms with van der Waals surface area (Å²) in [5.41, 5.74) is -0.258. The fourth-order valence-electron chi connectivity index (χ4n) is 6.96. The lowest BCUT2D eigenvalue weighted by Gasteiger charge is -2.54. The van der Waals surface area contributed by atoms with E-state index in [1.807, 2.05) is 32.0 Å². The van der Waals surface area contributed by atoms with E-state index in [1.54, 1.807) is 0 Å². The van der Waals surface area contributed by atoms with E-state index < -0.39 is 22.1 Å². The van der Waals surface area contributed by atoms with Crippen molar-refractivity contribution in [1.29, 1.82) is 0 Å². The minimum absolute atomic E-state index is 0.0544. The number of methoxy groups -OCH3 is 1. The number of urea groups is 1. The van der Waals surface area contributed by atoms with Crippen molar-refractivity contribution in [3.8, 4) is 0 Å². The number of halogens is 1. The number of aliphatic hydroxyl groups is 1. The van der Waals surface area contributed by atoms with Crippen molar-refractivity contribution in [2.75, 3.05) is 20.3 Å². The highest BCUT2D eigenvalue weighted by molar-refractivity contribution is 6.31. The molecule has 7 nitrogen and oxygen atoms in total. The van der Waals surface area contributed by atoms with Crippen LogP contribution in [0, 0.1) is 22.7 Å². The van der Waals surface area contributed by atoms with E-state index in [0.717, 1.165) is 30.4 Å². The second-order valence-electron chi connectivity index (χ2n) is 13.8. The number of carbonyl (C=O) groups excluding carboxylic acids is 2. The standard InChI is InChI=1S/C30H45ClN2O5/c1-19-22(15-34)30(18-38-27(19,5)6,21-9-8-20(23(31)14-21)10-11-26(2,3)4)33-25(36)32-29-13-12-28(16-29,17-29)24(35)37-7/h8-9,14,19,22,34H,10-13,15-18H2,1-7H3,(H2,32,33,36)/t19?,22?,28?,29?,30-/m0/s1. The smallest absolute Gasteiger partial charge is 0.316 e. The van der Waals surface area contributed by atoms with Gasteiger partial charge < -0.3 is 25.2 Å². The summed E-state index contributed by atoms with van der Waals surface area (Å²) < 4.78 is 11.4. The summed E-state index contributed by atoms with van der Waals surface area (Å²) >= 11 is 6.81. The Hall–Kier alpha value is -1.83. The van der Waals surface area contributed by atoms with E-state index in [4.69, 9.17) is 21.1 Å². The van der Waals surface area contributed by atoms with Gasteiger partial charge >= 0.3 is 12.0 Å². The van der Waals surface area contributed by atoms with Gasteiger partial charge in [-0.25, -0.2) is 4.79 Å². The van der Waals surface area contributed by atoms with E-state index in [9.17, 15) is 14.7 Å². The highest BCUT2D eigenvalue weighted by Crippen LogP contribution is 2.62. The SMILES string of the molecule is COC(=O)C12CCC(NC(=O)N[C@]3(c4ccc(CCC(C)(C)C)c(Cl)c4)COC(C)(C)C(C)C3CO)(C1)C2. The number of aryl methyl sites for hydroxylation is 1. The van der Waals surface area contributed by atoms with E-state index in [2.05, 4.69) is 38.3 Å². The van der Waals surface area contributed by atoms with Gasteiger partial charge in [0.15, 0.2) is 0 Å². The summed E-state index contributed by atoms with van der Waals surface area (Å²) in [6.45, 7) is 12.8. The Labute approximate surface area is 232 Å². The number of nitrogens with one attached hydrogen (secondary N) is 2. The largest absolute Gasteiger partial charge is 0.469 e. The van der Waals surface area contributed by atoms with Crippen LogP contribution in [0.15, 0.2) is 18.2 Å². The molecule has 1 aromatic carbocycles. The molecule has 3 aliphatic carbocycles. The summed E-state index contributed by atoms with van der Waals surface area (Å²) in [7, 11) is 1.42. The van der Waals surface area contributed by atoms with Crippen LogP contribution in [0.25, 0.3) is 0 Å². The molecule has 1 aromatic rings. The molecule has 8 heteroatoms. The van der Waals surface area contributed by atoms with E-state index >= 15 is 0 Å². The van der Waals surface area contributed by atoms with Crippen LogP contribution in [0.4, 0.5) is 4.79 Å². The van der Waals surface area contributed by atoms with Crippen molar-refractivity contribution in [3.63, 3.8) is 0 Å². The number of aliphatic hydroxyl groups excluding tert-OH is 1. The molecule has 1 aliphatic heterocycles. The molecule has 3 N–H and O–H groups in total. The lowest BCUT2D eigenvalue weighted by Crippen LogP contribution is -2.68. The Morgan fingerprint density at radius 2 is 1.87 bits per heavy atom. The van der Waals surface area contributed by atoms with Crippen LogP contribution in [0.2, 0.25) is 5.02 Å². The molecule has 0 aromatic heterocycles. The first-order chi connectivity index (χ1) is 17.6. The predicted molar refractivity (Wildman–Crippen MR) is 148 cm³/mol. The van der Waals surface area contributed by atoms with Crippen molar-refractivity contribution < 1.29 is 24.2 Å². The molecule has 0 radical (unpaired) electrons. The van der Waals surface area contributed by atoms with Gasteiger partial charge in [-0.05, 0) is 80.9 Å². The molecule has 1 saturated heterocycles. The van der Waals surface area contributed by atoms with Gasteiger partial charge in [0.25, 0.3) is 0 Å². The molecule has 38 heavy (non-hydrogen) atoms. The fraction of sp³-hybridized carbons (Fsp3) is 0.733. The number of amides is 2. The minimum atomic E-state index is -0.974. The Bertz CT molecular complexity index is 1070. The predicted octanol–water partition coefficient (Wildman–Crippen LogP) is 5.35.